The van der Waals surface area contributed by atoms with Crippen molar-refractivity contribution in [3.8, 4) is 11.4 Å². The number of aliphatic carboxylic acids is 1. The highest BCUT2D eigenvalue weighted by molar-refractivity contribution is 6.08. The average Bonchev–Trinajstić information content (AvgIpc) is 3.54. The topological polar surface area (TPSA) is 118 Å². The molecule has 1 amide bonds. The van der Waals surface area contributed by atoms with Crippen molar-refractivity contribution in [1.29, 1.82) is 0 Å². The molecule has 0 spiro atoms. The van der Waals surface area contributed by atoms with Crippen LogP contribution in [0.15, 0.2) is 55.2 Å². The fourth-order valence-corrected chi connectivity index (χ4v) is 3.51. The van der Waals surface area contributed by atoms with Crippen molar-refractivity contribution in [2.75, 3.05) is 17.7 Å². The molecule has 0 atom stereocenters. The van der Waals surface area contributed by atoms with Gasteiger partial charge >= 0.3 is 12.1 Å². The third-order valence-electron chi connectivity index (χ3n) is 5.23. The molecule has 1 saturated carbocycles. The van der Waals surface area contributed by atoms with Gasteiger partial charge in [-0.2, -0.15) is 13.2 Å². The number of amides is 1. The normalized spacial score (nSPS) is 13.5. The molecule has 9 nitrogen and oxygen atoms in total. The van der Waals surface area contributed by atoms with Crippen LogP contribution in [-0.4, -0.2) is 50.8 Å². The van der Waals surface area contributed by atoms with E-state index in [9.17, 15) is 18.0 Å². The molecule has 3 aromatic rings. The van der Waals surface area contributed by atoms with Crippen molar-refractivity contribution in [1.82, 2.24) is 14.5 Å². The number of rotatable bonds is 6. The van der Waals surface area contributed by atoms with E-state index in [-0.39, 0.29) is 5.91 Å². The number of pyridine rings is 1. The van der Waals surface area contributed by atoms with Gasteiger partial charge in [-0.15, -0.1) is 0 Å². The van der Waals surface area contributed by atoms with Crippen LogP contribution in [-0.2, 0) is 4.79 Å². The number of hydrogen-bond donors (Lipinski definition) is 3. The van der Waals surface area contributed by atoms with Crippen LogP contribution in [0, 0.1) is 0 Å². The molecule has 2 heterocycles. The lowest BCUT2D eigenvalue weighted by molar-refractivity contribution is -0.192. The van der Waals surface area contributed by atoms with Crippen molar-refractivity contribution in [3.05, 3.63) is 60.8 Å². The van der Waals surface area contributed by atoms with Crippen LogP contribution in [0.25, 0.3) is 5.69 Å². The van der Waals surface area contributed by atoms with Gasteiger partial charge in [-0.3, -0.25) is 4.79 Å². The molecule has 35 heavy (non-hydrogen) atoms. The number of benzene rings is 1. The average molecular weight is 491 g/mol. The van der Waals surface area contributed by atoms with Crippen LogP contribution in [0.4, 0.5) is 24.7 Å². The van der Waals surface area contributed by atoms with Crippen LogP contribution in [0.1, 0.15) is 36.0 Å². The number of methoxy groups -OCH3 is 1. The quantitative estimate of drug-likeness (QED) is 0.464. The maximum atomic E-state index is 12.9. The Bertz CT molecular complexity index is 1150. The van der Waals surface area contributed by atoms with Gasteiger partial charge in [0.25, 0.3) is 5.91 Å². The van der Waals surface area contributed by atoms with E-state index < -0.39 is 12.1 Å². The number of nitrogens with one attached hydrogen (secondary N) is 2. The Morgan fingerprint density at radius 1 is 1.17 bits per heavy atom. The van der Waals surface area contributed by atoms with Crippen molar-refractivity contribution in [2.45, 2.75) is 37.9 Å². The lowest BCUT2D eigenvalue weighted by Crippen LogP contribution is -2.21. The van der Waals surface area contributed by atoms with Gasteiger partial charge in [-0.1, -0.05) is 12.8 Å². The van der Waals surface area contributed by atoms with E-state index in [0.717, 1.165) is 18.5 Å². The van der Waals surface area contributed by atoms with Crippen LogP contribution in [0.3, 0.4) is 0 Å². The van der Waals surface area contributed by atoms with E-state index >= 15 is 0 Å². The zero-order valence-corrected chi connectivity index (χ0v) is 18.7. The molecule has 1 aromatic carbocycles. The summed E-state index contributed by atoms with van der Waals surface area (Å²) in [5, 5.41) is 13.5. The number of aromatic nitrogens is 3. The molecule has 1 fully saturated rings. The fraction of sp³-hybridized carbons (Fsp3) is 0.304. The number of carbonyl (C=O) groups excluding carboxylic acids is 1. The molecule has 0 aliphatic heterocycles. The fourth-order valence-electron chi connectivity index (χ4n) is 3.51. The molecule has 1 aliphatic carbocycles. The number of hydrogen-bond acceptors (Lipinski definition) is 6. The summed E-state index contributed by atoms with van der Waals surface area (Å²) in [6.45, 7) is 0. The molecule has 0 bridgehead atoms. The number of ether oxygens (including phenoxy) is 1. The predicted molar refractivity (Wildman–Crippen MR) is 122 cm³/mol. The Kier molecular flexibility index (Phi) is 8.29. The summed E-state index contributed by atoms with van der Waals surface area (Å²) < 4.78 is 39.1. The largest absolute Gasteiger partial charge is 0.494 e. The summed E-state index contributed by atoms with van der Waals surface area (Å²) in [4.78, 5) is 30.3. The minimum atomic E-state index is -5.08. The Morgan fingerprint density at radius 3 is 2.49 bits per heavy atom. The number of imidazole rings is 1. The zero-order valence-electron chi connectivity index (χ0n) is 18.7. The number of anilines is 2. The lowest BCUT2D eigenvalue weighted by atomic mass is 10.2. The number of carbonyl (C=O) groups is 2. The maximum Gasteiger partial charge on any atom is 0.490 e. The molecular weight excluding hydrogens is 467 g/mol. The highest BCUT2D eigenvalue weighted by Crippen LogP contribution is 2.29. The van der Waals surface area contributed by atoms with Gasteiger partial charge in [-0.25, -0.2) is 14.8 Å². The zero-order chi connectivity index (χ0) is 25.4. The highest BCUT2D eigenvalue weighted by atomic mass is 19.4. The summed E-state index contributed by atoms with van der Waals surface area (Å²) in [7, 11) is 1.58. The number of halogens is 3. The summed E-state index contributed by atoms with van der Waals surface area (Å²) >= 11 is 0. The lowest BCUT2D eigenvalue weighted by Gasteiger charge is -2.16. The van der Waals surface area contributed by atoms with Crippen molar-refractivity contribution < 1.29 is 32.6 Å². The van der Waals surface area contributed by atoms with Crippen molar-refractivity contribution >= 4 is 23.4 Å². The van der Waals surface area contributed by atoms with E-state index in [0.29, 0.717) is 28.9 Å². The SMILES string of the molecule is COc1cc(-n2ccnc2)ccc1NC(=O)c1cccnc1NC1CCCC1.O=C(O)C(F)(F)F. The maximum absolute atomic E-state index is 12.9. The van der Waals surface area contributed by atoms with Gasteiger partial charge < -0.3 is 25.0 Å². The minimum Gasteiger partial charge on any atom is -0.494 e. The van der Waals surface area contributed by atoms with Gasteiger partial charge in [0.2, 0.25) is 0 Å². The molecule has 0 saturated heterocycles. The molecule has 2 aromatic heterocycles. The number of nitrogens with zero attached hydrogens (tertiary/aromatic N) is 3. The number of alkyl halides is 3. The first-order valence-corrected chi connectivity index (χ1v) is 10.7. The minimum absolute atomic E-state index is 0.220. The monoisotopic (exact) mass is 491 g/mol. The Balaban J connectivity index is 0.000000429. The molecule has 3 N–H and O–H groups in total. The summed E-state index contributed by atoms with van der Waals surface area (Å²) in [6, 6.07) is 9.52. The van der Waals surface area contributed by atoms with Gasteiger partial charge in [0, 0.05) is 30.7 Å². The van der Waals surface area contributed by atoms with Crippen LogP contribution < -0.4 is 15.4 Å². The van der Waals surface area contributed by atoms with Crippen LogP contribution in [0.5, 0.6) is 5.75 Å². The van der Waals surface area contributed by atoms with E-state index in [2.05, 4.69) is 20.6 Å². The molecule has 0 unspecified atom stereocenters. The van der Waals surface area contributed by atoms with E-state index in [4.69, 9.17) is 14.6 Å². The molecule has 0 radical (unpaired) electrons. The first-order chi connectivity index (χ1) is 16.7. The second-order valence-electron chi connectivity index (χ2n) is 7.64. The van der Waals surface area contributed by atoms with E-state index in [1.54, 1.807) is 38.0 Å². The first-order valence-electron chi connectivity index (χ1n) is 10.7. The summed E-state index contributed by atoms with van der Waals surface area (Å²) in [6.07, 6.45) is 6.55. The standard InChI is InChI=1S/C21H23N5O2.C2HF3O2/c1-28-19-13-16(26-12-11-22-14-26)8-9-18(19)25-21(27)17-7-4-10-23-20(17)24-15-5-2-3-6-15;3-2(4,5)1(6)7/h4,7-15H,2-3,5-6H2,1H3,(H,23,24)(H,25,27);(H,6,7). The molecule has 1 aliphatic rings. The molecular formula is C23H24F3N5O4. The summed E-state index contributed by atoms with van der Waals surface area (Å²) in [5.74, 6) is -1.77. The van der Waals surface area contributed by atoms with E-state index in [1.165, 1.54) is 12.8 Å². The van der Waals surface area contributed by atoms with Gasteiger partial charge in [0.15, 0.2) is 0 Å². The van der Waals surface area contributed by atoms with E-state index in [1.807, 2.05) is 29.0 Å². The van der Waals surface area contributed by atoms with Crippen LogP contribution >= 0.6 is 0 Å². The van der Waals surface area contributed by atoms with Gasteiger partial charge in [0.1, 0.15) is 11.6 Å². The third kappa shape index (κ3) is 6.95. The van der Waals surface area contributed by atoms with Gasteiger partial charge in [-0.05, 0) is 37.1 Å². The molecule has 12 heteroatoms. The Hall–Kier alpha value is -4.09. The molecule has 4 rings (SSSR count). The third-order valence-corrected chi connectivity index (χ3v) is 5.23. The Labute approximate surface area is 199 Å². The summed E-state index contributed by atoms with van der Waals surface area (Å²) in [5.41, 5.74) is 2.03. The molecule has 186 valence electrons. The second-order valence-corrected chi connectivity index (χ2v) is 7.64. The smallest absolute Gasteiger partial charge is 0.490 e. The van der Waals surface area contributed by atoms with Crippen LogP contribution in [0.2, 0.25) is 0 Å². The second kappa shape index (κ2) is 11.4. The number of carboxylic acids is 1. The number of carboxylic acid groups (broad SMARTS) is 1. The first kappa shape index (κ1) is 25.5. The highest BCUT2D eigenvalue weighted by Gasteiger charge is 2.38. The van der Waals surface area contributed by atoms with Gasteiger partial charge in [0.05, 0.1) is 30.4 Å². The van der Waals surface area contributed by atoms with Crippen molar-refractivity contribution in [3.63, 3.8) is 0 Å². The predicted octanol–water partition coefficient (Wildman–Crippen LogP) is 4.52. The Morgan fingerprint density at radius 2 is 1.89 bits per heavy atom. The van der Waals surface area contributed by atoms with Crippen molar-refractivity contribution in [2.24, 2.45) is 0 Å².